The largest absolute Gasteiger partial charge is 0.455 e. The predicted molar refractivity (Wildman–Crippen MR) is 265 cm³/mol. The van der Waals surface area contributed by atoms with Crippen LogP contribution in [-0.2, 0) is 10.8 Å². The molecule has 1 aliphatic carbocycles. The van der Waals surface area contributed by atoms with Gasteiger partial charge in [-0.25, -0.2) is 9.97 Å². The van der Waals surface area contributed by atoms with Crippen molar-refractivity contribution >= 4 is 46.4 Å². The number of benzene rings is 9. The van der Waals surface area contributed by atoms with E-state index in [1.165, 1.54) is 44.1 Å². The Bertz CT molecular complexity index is 3400. The summed E-state index contributed by atoms with van der Waals surface area (Å²) in [6, 6.07) is 66.9. The molecule has 0 saturated heterocycles. The summed E-state index contributed by atoms with van der Waals surface area (Å²) >= 11 is 0. The van der Waals surface area contributed by atoms with E-state index in [9.17, 15) is 0 Å². The lowest BCUT2D eigenvalue weighted by atomic mass is 9.65. The van der Waals surface area contributed by atoms with Gasteiger partial charge in [-0.05, 0) is 67.3 Å². The smallest absolute Gasteiger partial charge is 0.160 e. The molecule has 0 fully saturated rings. The molecule has 9 aromatic carbocycles. The Morgan fingerprint density at radius 3 is 1.59 bits per heavy atom. The van der Waals surface area contributed by atoms with Crippen molar-refractivity contribution in [3.8, 4) is 56.4 Å². The number of ether oxygens (including phenoxy) is 1. The second kappa shape index (κ2) is 13.9. The highest BCUT2D eigenvalue weighted by molar-refractivity contribution is 6.70. The van der Waals surface area contributed by atoms with Crippen LogP contribution in [0.4, 0.5) is 0 Å². The molecule has 10 aromatic rings. The Balaban J connectivity index is 1.09. The third-order valence-corrected chi connectivity index (χ3v) is 15.4. The van der Waals surface area contributed by atoms with E-state index in [0.717, 1.165) is 77.7 Å². The third kappa shape index (κ3) is 5.71. The fourth-order valence-electron chi connectivity index (χ4n) is 10.4. The fourth-order valence-corrected chi connectivity index (χ4v) is 11.3. The topological polar surface area (TPSA) is 35.0 Å². The summed E-state index contributed by atoms with van der Waals surface area (Å²) in [7, 11) is -0.850. The van der Waals surface area contributed by atoms with Gasteiger partial charge in [-0.1, -0.05) is 209 Å². The molecule has 0 bridgehead atoms. The first-order valence-corrected chi connectivity index (χ1v) is 25.1. The molecule has 12 rings (SSSR count). The molecule has 4 heteroatoms. The molecule has 63 heavy (non-hydrogen) atoms. The van der Waals surface area contributed by atoms with Gasteiger partial charge in [-0.2, -0.15) is 0 Å². The van der Waals surface area contributed by atoms with E-state index in [1.807, 2.05) is 0 Å². The van der Waals surface area contributed by atoms with Crippen molar-refractivity contribution in [2.24, 2.45) is 0 Å². The van der Waals surface area contributed by atoms with Crippen LogP contribution in [0.25, 0.3) is 77.3 Å². The highest BCUT2D eigenvalue weighted by Gasteiger charge is 2.52. The summed E-state index contributed by atoms with van der Waals surface area (Å²) < 4.78 is 7.23. The van der Waals surface area contributed by atoms with Crippen molar-refractivity contribution in [1.29, 1.82) is 0 Å². The molecule has 2 heterocycles. The maximum Gasteiger partial charge on any atom is 0.160 e. The van der Waals surface area contributed by atoms with Gasteiger partial charge in [0.05, 0.1) is 25.4 Å². The van der Waals surface area contributed by atoms with Crippen molar-refractivity contribution in [1.82, 2.24) is 9.97 Å². The van der Waals surface area contributed by atoms with Crippen LogP contribution in [-0.4, -0.2) is 18.8 Å². The zero-order valence-corrected chi connectivity index (χ0v) is 37.4. The van der Waals surface area contributed by atoms with Gasteiger partial charge in [0.1, 0.15) is 11.5 Å². The van der Waals surface area contributed by atoms with Crippen molar-refractivity contribution < 1.29 is 4.74 Å². The number of rotatable bonds is 4. The summed E-state index contributed by atoms with van der Waals surface area (Å²) in [5, 5.41) is 7.07. The molecule has 302 valence electrons. The first-order chi connectivity index (χ1) is 30.7. The van der Waals surface area contributed by atoms with Crippen LogP contribution in [0.1, 0.15) is 48.6 Å². The minimum absolute atomic E-state index is 0.0488. The molecule has 1 aliphatic heterocycles. The lowest BCUT2D eigenvalue weighted by molar-refractivity contribution is 0.447. The molecule has 0 saturated carbocycles. The number of aromatic nitrogens is 2. The van der Waals surface area contributed by atoms with Gasteiger partial charge >= 0.3 is 0 Å². The Morgan fingerprint density at radius 1 is 0.460 bits per heavy atom. The maximum absolute atomic E-state index is 7.23. The van der Waals surface area contributed by atoms with Crippen LogP contribution in [0, 0.1) is 0 Å². The van der Waals surface area contributed by atoms with Crippen molar-refractivity contribution in [2.45, 2.75) is 44.7 Å². The molecule has 3 nitrogen and oxygen atoms in total. The quantitative estimate of drug-likeness (QED) is 0.166. The number of para-hydroxylation sites is 1. The van der Waals surface area contributed by atoms with Crippen LogP contribution in [0.3, 0.4) is 0 Å². The lowest BCUT2D eigenvalue weighted by Gasteiger charge is -2.40. The summed E-state index contributed by atoms with van der Waals surface area (Å²) in [6.07, 6.45) is 0. The number of nitrogens with zero attached hydrogens (tertiary/aromatic N) is 2. The summed E-state index contributed by atoms with van der Waals surface area (Å²) in [6.45, 7) is 11.7. The number of hydrogen-bond donors (Lipinski definition) is 0. The van der Waals surface area contributed by atoms with Crippen LogP contribution in [0.2, 0.25) is 13.1 Å². The van der Waals surface area contributed by atoms with Gasteiger partial charge < -0.3 is 4.74 Å². The summed E-state index contributed by atoms with van der Waals surface area (Å²) in [4.78, 5) is 10.6. The summed E-state index contributed by atoms with van der Waals surface area (Å²) in [5.41, 5.74) is 14.3. The SMILES string of the molecule is C[SiH](C)c1ccc(-c2ccc(-c3nc(-c4ccc5c(c4)-c4cc(C(C)(C)C)ccc4C54c5ccc6ccccc6c5Oc5c4ccc4ccccc54)c4ccccc4n3)cc2)cc1. The number of fused-ring (bicyclic) bond motifs is 14. The van der Waals surface area contributed by atoms with Gasteiger partial charge in [0.25, 0.3) is 0 Å². The average molecular weight is 827 g/mol. The molecular weight excluding hydrogens is 781 g/mol. The molecule has 1 aromatic heterocycles. The van der Waals surface area contributed by atoms with Gasteiger partial charge in [-0.3, -0.25) is 0 Å². The number of hydrogen-bond acceptors (Lipinski definition) is 3. The molecular formula is C59H46N2OSi. The molecule has 0 atom stereocenters. The monoisotopic (exact) mass is 826 g/mol. The summed E-state index contributed by atoms with van der Waals surface area (Å²) in [5.74, 6) is 2.56. The minimum atomic E-state index is -0.850. The van der Waals surface area contributed by atoms with Crippen LogP contribution in [0.15, 0.2) is 182 Å². The predicted octanol–water partition coefficient (Wildman–Crippen LogP) is 14.4. The molecule has 0 unspecified atom stereocenters. The van der Waals surface area contributed by atoms with Gasteiger partial charge in [0.2, 0.25) is 0 Å². The highest BCUT2D eigenvalue weighted by Crippen LogP contribution is 2.64. The molecule has 0 radical (unpaired) electrons. The zero-order chi connectivity index (χ0) is 42.6. The van der Waals surface area contributed by atoms with Crippen LogP contribution < -0.4 is 9.92 Å². The van der Waals surface area contributed by atoms with Gasteiger partial charge in [0, 0.05) is 38.4 Å². The first kappa shape index (κ1) is 37.6. The van der Waals surface area contributed by atoms with Gasteiger partial charge in [-0.15, -0.1) is 0 Å². The van der Waals surface area contributed by atoms with E-state index in [2.05, 4.69) is 216 Å². The Kier molecular flexibility index (Phi) is 8.32. The Morgan fingerprint density at radius 2 is 0.968 bits per heavy atom. The standard InChI is InChI=1S/C59H46N2OSi/c1-58(2,3)42-27-33-50-48(35-42)47-34-41(54-46-16-10-11-17-53(46)60-57(61-54)40-20-18-36(19-21-40)37-22-28-43(29-23-37)63(4)5)26-30-49(47)59(50)51-31-24-38-12-6-8-14-44(38)55(51)62-56-45-15-9-7-13-39(45)25-32-52(56)59/h6-35,63H,1-5H3. The molecule has 1 spiro atoms. The third-order valence-electron chi connectivity index (χ3n) is 13.7. The van der Waals surface area contributed by atoms with Crippen LogP contribution in [0.5, 0.6) is 11.5 Å². The Hall–Kier alpha value is -7.14. The van der Waals surface area contributed by atoms with E-state index in [1.54, 1.807) is 0 Å². The molecule has 0 N–H and O–H groups in total. The van der Waals surface area contributed by atoms with Crippen molar-refractivity contribution in [2.75, 3.05) is 0 Å². The van der Waals surface area contributed by atoms with Crippen molar-refractivity contribution in [3.05, 3.63) is 210 Å². The fraction of sp³-hybridized carbons (Fsp3) is 0.119. The van der Waals surface area contributed by atoms with Crippen molar-refractivity contribution in [3.63, 3.8) is 0 Å². The van der Waals surface area contributed by atoms with Gasteiger partial charge in [0.15, 0.2) is 5.82 Å². The van der Waals surface area contributed by atoms with E-state index < -0.39 is 14.2 Å². The maximum atomic E-state index is 7.23. The van der Waals surface area contributed by atoms with E-state index in [-0.39, 0.29) is 5.41 Å². The lowest BCUT2D eigenvalue weighted by Crippen LogP contribution is -2.32. The molecule has 2 aliphatic rings. The zero-order valence-electron chi connectivity index (χ0n) is 36.2. The van der Waals surface area contributed by atoms with E-state index in [0.29, 0.717) is 0 Å². The van der Waals surface area contributed by atoms with Crippen LogP contribution >= 0.6 is 0 Å². The second-order valence-electron chi connectivity index (χ2n) is 18.7. The average Bonchev–Trinajstić information content (AvgIpc) is 3.60. The van der Waals surface area contributed by atoms with E-state index >= 15 is 0 Å². The Labute approximate surface area is 370 Å². The minimum Gasteiger partial charge on any atom is -0.455 e. The normalized spacial score (nSPS) is 13.6. The van der Waals surface area contributed by atoms with E-state index in [4.69, 9.17) is 14.7 Å². The second-order valence-corrected chi connectivity index (χ2v) is 21.7. The first-order valence-electron chi connectivity index (χ1n) is 22.2. The molecule has 0 amide bonds. The highest BCUT2D eigenvalue weighted by atomic mass is 28.3.